The number of carbonyl (C=O) groups is 6. The maximum atomic E-state index is 14.7. The fourth-order valence-electron chi connectivity index (χ4n) is 9.78. The van der Waals surface area contributed by atoms with Gasteiger partial charge in [-0.2, -0.15) is 4.31 Å². The molecule has 2 heterocycles. The molecule has 32 heteroatoms. The van der Waals surface area contributed by atoms with Crippen molar-refractivity contribution < 1.29 is 105 Å². The first-order chi connectivity index (χ1) is 41.7. The highest BCUT2D eigenvalue weighted by atomic mass is 32.2. The van der Waals surface area contributed by atoms with Crippen molar-refractivity contribution in [2.75, 3.05) is 39.8 Å². The third-order valence-corrected chi connectivity index (χ3v) is 15.4. The van der Waals surface area contributed by atoms with Crippen LogP contribution < -0.4 is 26.6 Å². The zero-order valence-corrected chi connectivity index (χ0v) is 56.1. The average Bonchev–Trinajstić information content (AvgIpc) is 0.889. The van der Waals surface area contributed by atoms with E-state index in [9.17, 15) is 67.7 Å². The van der Waals surface area contributed by atoms with E-state index < -0.39 is 182 Å². The van der Waals surface area contributed by atoms with Crippen molar-refractivity contribution in [1.82, 2.24) is 35.8 Å². The summed E-state index contributed by atoms with van der Waals surface area (Å²) in [6, 6.07) is -1.02. The summed E-state index contributed by atoms with van der Waals surface area (Å²) in [5, 5.41) is 73.3. The van der Waals surface area contributed by atoms with E-state index in [1.165, 1.54) is 32.2 Å². The van der Waals surface area contributed by atoms with Gasteiger partial charge >= 0.3 is 30.5 Å². The first-order valence-electron chi connectivity index (χ1n) is 30.1. The van der Waals surface area contributed by atoms with E-state index in [1.54, 1.807) is 104 Å². The molecular weight excluding hydrogens is 1220 g/mol. The number of para-hydroxylation sites is 1. The molecule has 1 aromatic carbocycles. The number of nitrogens with one attached hydrogen (secondary N) is 5. The van der Waals surface area contributed by atoms with Crippen molar-refractivity contribution in [3.05, 3.63) is 46.2 Å². The number of unbranched alkanes of at least 4 members (excludes halogenated alkanes) is 2. The summed E-state index contributed by atoms with van der Waals surface area (Å²) in [5.74, 6) is -1.20. The number of amides is 6. The number of hydrogen-bond donors (Lipinski definition) is 9. The van der Waals surface area contributed by atoms with Crippen LogP contribution in [0.5, 0.6) is 0 Å². The number of alkyl carbamates (subject to hydrolysis) is 4. The van der Waals surface area contributed by atoms with Crippen molar-refractivity contribution in [2.45, 2.75) is 255 Å². The quantitative estimate of drug-likeness (QED) is 0.0310. The van der Waals surface area contributed by atoms with Crippen LogP contribution in [0, 0.1) is 10.1 Å². The van der Waals surface area contributed by atoms with Crippen molar-refractivity contribution in [1.29, 1.82) is 0 Å². The molecule has 1 saturated carbocycles. The molecule has 3 aliphatic rings. The van der Waals surface area contributed by atoms with E-state index in [1.807, 2.05) is 0 Å². The lowest BCUT2D eigenvalue weighted by Crippen LogP contribution is -2.71. The fourth-order valence-corrected chi connectivity index (χ4v) is 11.4. The molecule has 518 valence electrons. The van der Waals surface area contributed by atoms with Gasteiger partial charge in [0.2, 0.25) is 22.2 Å². The van der Waals surface area contributed by atoms with Gasteiger partial charge in [-0.3, -0.25) is 14.9 Å². The Morgan fingerprint density at radius 2 is 1.20 bits per heavy atom. The van der Waals surface area contributed by atoms with Gasteiger partial charge in [0.25, 0.3) is 5.69 Å². The Kier molecular flexibility index (Phi) is 26.7. The van der Waals surface area contributed by atoms with Crippen LogP contribution in [-0.2, 0) is 57.4 Å². The molecule has 2 aliphatic heterocycles. The predicted octanol–water partition coefficient (Wildman–Crippen LogP) is 4.70. The highest BCUT2D eigenvalue weighted by Gasteiger charge is 2.55. The van der Waals surface area contributed by atoms with Gasteiger partial charge < -0.3 is 94.5 Å². The maximum Gasteiger partial charge on any atom is 0.410 e. The molecule has 4 rings (SSSR count). The van der Waals surface area contributed by atoms with Gasteiger partial charge in [0, 0.05) is 32.7 Å². The molecule has 12 atom stereocenters. The molecule has 91 heavy (non-hydrogen) atoms. The Morgan fingerprint density at radius 1 is 0.703 bits per heavy atom. The minimum Gasteiger partial charge on any atom is -0.466 e. The number of likely N-dealkylation sites (N-methyl/N-ethyl adjacent to an activating group) is 1. The summed E-state index contributed by atoms with van der Waals surface area (Å²) in [7, 11) is -3.50. The molecule has 0 bridgehead atoms. The Hall–Kier alpha value is -6.39. The molecule has 6 amide bonds. The fraction of sp³-hybridized carbons (Fsp3) is 0.763. The normalized spacial score (nSPS) is 25.3. The van der Waals surface area contributed by atoms with E-state index in [4.69, 9.17) is 42.6 Å². The van der Waals surface area contributed by atoms with Crippen molar-refractivity contribution in [3.8, 4) is 0 Å². The highest BCUT2D eigenvalue weighted by Crippen LogP contribution is 2.36. The van der Waals surface area contributed by atoms with Crippen LogP contribution in [0.15, 0.2) is 41.0 Å². The van der Waals surface area contributed by atoms with Crippen LogP contribution in [0.1, 0.15) is 149 Å². The van der Waals surface area contributed by atoms with Crippen LogP contribution in [0.4, 0.5) is 29.7 Å². The second kappa shape index (κ2) is 31.5. The van der Waals surface area contributed by atoms with E-state index in [2.05, 4.69) is 26.6 Å². The van der Waals surface area contributed by atoms with Crippen molar-refractivity contribution in [2.24, 2.45) is 0 Å². The third kappa shape index (κ3) is 24.9. The molecule has 0 unspecified atom stereocenters. The predicted molar refractivity (Wildman–Crippen MR) is 325 cm³/mol. The summed E-state index contributed by atoms with van der Waals surface area (Å²) < 4.78 is 83.2. The number of ether oxygens (including phenoxy) is 9. The molecule has 0 radical (unpaired) electrons. The second-order valence-corrected chi connectivity index (χ2v) is 29.7. The lowest BCUT2D eigenvalue weighted by Gasteiger charge is -2.50. The van der Waals surface area contributed by atoms with E-state index in [0.717, 1.165) is 21.3 Å². The monoisotopic (exact) mass is 1320 g/mol. The van der Waals surface area contributed by atoms with Gasteiger partial charge in [-0.15, -0.1) is 0 Å². The van der Waals surface area contributed by atoms with Crippen LogP contribution >= 0.6 is 0 Å². The summed E-state index contributed by atoms with van der Waals surface area (Å²) in [4.78, 5) is 91.6. The average molecular weight is 1320 g/mol. The summed E-state index contributed by atoms with van der Waals surface area (Å²) in [5.41, 5.74) is -7.52. The molecule has 1 aliphatic carbocycles. The second-order valence-electron chi connectivity index (χ2n) is 27.8. The van der Waals surface area contributed by atoms with E-state index >= 15 is 0 Å². The highest BCUT2D eigenvalue weighted by molar-refractivity contribution is 7.89. The number of sulfonamides is 1. The Balaban J connectivity index is 1.84. The smallest absolute Gasteiger partial charge is 0.410 e. The molecule has 0 aromatic heterocycles. The standard InChI is InChI=1S/C59H98N8O23S/c1-54(2,3)86-49(72)60-28-21-18-22-30-66(91(80,81)40-24-20-19-23-38(40)67(78)79)32-34-25-26-35(63-51(74)88-56(7,8)9)47(83-34)84-44-37(64-52(75)89-57(10,11)12)31-36(62-46(71)39(68)27-29-61-50(73)87-55(4,5)6)43(41(44)69)85-48-42(70)45(59(16,77)33-82-48)65(17)53(76)90-58(13,14)15/h19-20,23-25,35-37,39,41-45,47-48,68-70,77H,18,21-22,26-33H2,1-17H3,(H,60,72)(H,61,73)(H,62,71)(H,63,74)(H,64,75)/t35-,36-,37+,39+,41-,42-,43+,44-,45-,47-,48-,59+/m1/s1. The summed E-state index contributed by atoms with van der Waals surface area (Å²) in [6.45, 7) is 24.1. The number of nitro benzene ring substituents is 1. The van der Waals surface area contributed by atoms with Gasteiger partial charge in [-0.25, -0.2) is 32.4 Å². The zero-order valence-electron chi connectivity index (χ0n) is 55.3. The first kappa shape index (κ1) is 77.1. The van der Waals surface area contributed by atoms with Gasteiger partial charge in [0.15, 0.2) is 11.2 Å². The number of aliphatic hydroxyl groups excluding tert-OH is 3. The number of benzene rings is 1. The Bertz CT molecular complexity index is 2810. The van der Waals surface area contributed by atoms with Gasteiger partial charge in [-0.1, -0.05) is 18.6 Å². The topological polar surface area (TPSA) is 410 Å². The Morgan fingerprint density at radius 3 is 1.74 bits per heavy atom. The SMILES string of the molecule is CN(C(=O)OC(C)(C)C)[C@@H]1[C@@H](O)[C@@H](O[C@@H]2[C@@H](O)[C@H](O[C@H]3OC(CN(CCCCCNC(=O)OC(C)(C)C)S(=O)(=O)c4ccccc4[N+](=O)[O-])=CC[C@H]3NC(=O)OC(C)(C)C)[C@@H](NC(=O)OC(C)(C)C)C[C@H]2NC(=O)[C@@H](O)CCNC(=O)OC(C)(C)C)OC[C@]1(C)O. The zero-order chi connectivity index (χ0) is 69.0. The first-order valence-corrected chi connectivity index (χ1v) is 31.6. The summed E-state index contributed by atoms with van der Waals surface area (Å²) in [6.07, 6.45) is -16.4. The van der Waals surface area contributed by atoms with E-state index in [0.29, 0.717) is 12.8 Å². The number of aliphatic hydroxyl groups is 4. The minimum absolute atomic E-state index is 0.123. The number of nitrogens with zero attached hydrogens (tertiary/aromatic N) is 3. The lowest BCUT2D eigenvalue weighted by molar-refractivity contribution is -0.387. The molecule has 9 N–H and O–H groups in total. The van der Waals surface area contributed by atoms with Crippen molar-refractivity contribution in [3.63, 3.8) is 0 Å². The number of nitro groups is 1. The molecular formula is C59H98N8O23S. The third-order valence-electron chi connectivity index (χ3n) is 13.5. The number of carbonyl (C=O) groups excluding carboxylic acids is 6. The van der Waals surface area contributed by atoms with Crippen LogP contribution in [-0.4, -0.2) is 220 Å². The minimum atomic E-state index is -4.76. The van der Waals surface area contributed by atoms with Gasteiger partial charge in [0.05, 0.1) is 42.2 Å². The van der Waals surface area contributed by atoms with Crippen LogP contribution in [0.2, 0.25) is 0 Å². The Labute approximate surface area is 532 Å². The number of hydrogen-bond acceptors (Lipinski definition) is 23. The van der Waals surface area contributed by atoms with Gasteiger partial charge in [-0.05, 0) is 155 Å². The molecule has 31 nitrogen and oxygen atoms in total. The molecule has 2 fully saturated rings. The summed E-state index contributed by atoms with van der Waals surface area (Å²) >= 11 is 0. The largest absolute Gasteiger partial charge is 0.466 e. The van der Waals surface area contributed by atoms with Crippen LogP contribution in [0.25, 0.3) is 0 Å². The number of rotatable bonds is 23. The molecule has 1 aromatic rings. The molecule has 1 saturated heterocycles. The van der Waals surface area contributed by atoms with Crippen LogP contribution in [0.3, 0.4) is 0 Å². The maximum absolute atomic E-state index is 14.7. The van der Waals surface area contributed by atoms with Gasteiger partial charge in [0.1, 0.15) is 69.9 Å². The lowest BCUT2D eigenvalue weighted by atomic mass is 9.82. The molecule has 0 spiro atoms. The van der Waals surface area contributed by atoms with E-state index in [-0.39, 0.29) is 44.7 Å². The van der Waals surface area contributed by atoms with Crippen molar-refractivity contribution >= 4 is 52.1 Å².